The number of carbonyl (C=O) groups is 1. The predicted octanol–water partition coefficient (Wildman–Crippen LogP) is 2.96. The van der Waals surface area contributed by atoms with Gasteiger partial charge in [0.2, 0.25) is 0 Å². The maximum atomic E-state index is 13.0. The van der Waals surface area contributed by atoms with E-state index in [0.29, 0.717) is 17.7 Å². The smallest absolute Gasteiger partial charge is 0.465 e. The minimum atomic E-state index is -4.49. The van der Waals surface area contributed by atoms with Gasteiger partial charge in [-0.25, -0.2) is 4.79 Å². The molecule has 1 aromatic rings. The molecule has 0 unspecified atom stereocenters. The first-order valence-corrected chi connectivity index (χ1v) is 5.48. The fourth-order valence-corrected chi connectivity index (χ4v) is 1.84. The summed E-state index contributed by atoms with van der Waals surface area (Å²) in [7, 11) is 1.15. The molecule has 18 heavy (non-hydrogen) atoms. The van der Waals surface area contributed by atoms with Crippen molar-refractivity contribution < 1.29 is 22.7 Å². The molecule has 0 atom stereocenters. The predicted molar refractivity (Wildman–Crippen MR) is 59.3 cm³/mol. The lowest BCUT2D eigenvalue weighted by Gasteiger charge is -2.28. The van der Waals surface area contributed by atoms with Gasteiger partial charge in [-0.1, -0.05) is 12.1 Å². The van der Waals surface area contributed by atoms with Crippen molar-refractivity contribution in [3.63, 3.8) is 0 Å². The normalized spacial score (nSPS) is 15.3. The molecule has 0 bridgehead atoms. The van der Waals surface area contributed by atoms with Crippen LogP contribution in [0.3, 0.4) is 0 Å². The van der Waals surface area contributed by atoms with E-state index in [1.54, 1.807) is 0 Å². The Morgan fingerprint density at radius 3 is 2.44 bits per heavy atom. The molecule has 0 saturated heterocycles. The summed E-state index contributed by atoms with van der Waals surface area (Å²) in [5, 5.41) is 0. The van der Waals surface area contributed by atoms with Gasteiger partial charge >= 0.3 is 12.3 Å². The van der Waals surface area contributed by atoms with Gasteiger partial charge in [0.1, 0.15) is 0 Å². The molecule has 1 aliphatic rings. The molecule has 2 rings (SSSR count). The minimum Gasteiger partial charge on any atom is -0.465 e. The fraction of sp³-hybridized carbons (Fsp3) is 0.417. The summed E-state index contributed by atoms with van der Waals surface area (Å²) in [4.78, 5) is 11.8. The first kappa shape index (κ1) is 12.7. The third-order valence-electron chi connectivity index (χ3n) is 2.75. The molecule has 0 N–H and O–H groups in total. The maximum absolute atomic E-state index is 13.0. The lowest BCUT2D eigenvalue weighted by Crippen LogP contribution is -2.40. The third-order valence-corrected chi connectivity index (χ3v) is 2.75. The van der Waals surface area contributed by atoms with Gasteiger partial charge in [-0.05, 0) is 25.0 Å². The van der Waals surface area contributed by atoms with Crippen LogP contribution >= 0.6 is 0 Å². The Labute approximate surface area is 102 Å². The Hall–Kier alpha value is -1.72. The Morgan fingerprint density at radius 1 is 1.33 bits per heavy atom. The van der Waals surface area contributed by atoms with Crippen molar-refractivity contribution in [3.8, 4) is 0 Å². The van der Waals surface area contributed by atoms with Gasteiger partial charge in [0.15, 0.2) is 0 Å². The molecule has 1 aromatic carbocycles. The Morgan fingerprint density at radius 2 is 1.94 bits per heavy atom. The van der Waals surface area contributed by atoms with Crippen LogP contribution in [0.25, 0.3) is 0 Å². The number of hydrogen-bond donors (Lipinski definition) is 0. The van der Waals surface area contributed by atoms with E-state index in [1.807, 2.05) is 0 Å². The highest BCUT2D eigenvalue weighted by Crippen LogP contribution is 2.41. The van der Waals surface area contributed by atoms with Crippen LogP contribution < -0.4 is 4.90 Å². The first-order valence-electron chi connectivity index (χ1n) is 5.48. The monoisotopic (exact) mass is 259 g/mol. The van der Waals surface area contributed by atoms with Crippen molar-refractivity contribution in [2.45, 2.75) is 25.2 Å². The van der Waals surface area contributed by atoms with E-state index < -0.39 is 18.3 Å². The number of benzene rings is 1. The number of carbonyl (C=O) groups excluding carboxylic acids is 1. The van der Waals surface area contributed by atoms with Crippen LogP contribution in [0.15, 0.2) is 24.3 Å². The summed E-state index contributed by atoms with van der Waals surface area (Å²) in [6, 6.07) is 5.04. The van der Waals surface area contributed by atoms with E-state index >= 15 is 0 Å². The number of ether oxygens (including phenoxy) is 1. The molecular weight excluding hydrogens is 247 g/mol. The van der Waals surface area contributed by atoms with Crippen LogP contribution in [0, 0.1) is 0 Å². The van der Waals surface area contributed by atoms with Gasteiger partial charge in [0, 0.05) is 6.04 Å². The van der Waals surface area contributed by atoms with Crippen molar-refractivity contribution >= 4 is 11.7 Å². The molecule has 1 fully saturated rings. The number of methoxy groups -OCH3 is 1. The van der Waals surface area contributed by atoms with E-state index in [1.165, 1.54) is 24.3 Å². The fourth-order valence-electron chi connectivity index (χ4n) is 1.84. The zero-order chi connectivity index (χ0) is 13.3. The number of nitrogens with zero attached hydrogens (tertiary/aromatic N) is 1. The molecule has 98 valence electrons. The number of hydrogen-bond acceptors (Lipinski definition) is 3. The molecule has 0 radical (unpaired) electrons. The molecule has 0 aliphatic heterocycles. The number of esters is 1. The summed E-state index contributed by atoms with van der Waals surface area (Å²) in [6.45, 7) is 0. The lowest BCUT2D eigenvalue weighted by molar-refractivity contribution is -0.130. The highest BCUT2D eigenvalue weighted by Gasteiger charge is 2.47. The van der Waals surface area contributed by atoms with E-state index in [-0.39, 0.29) is 11.3 Å². The number of alkyl halides is 3. The van der Waals surface area contributed by atoms with Crippen molar-refractivity contribution in [3.05, 3.63) is 29.8 Å². The molecule has 6 heteroatoms. The molecule has 0 aromatic heterocycles. The molecule has 1 aliphatic carbocycles. The largest absolute Gasteiger partial charge is 0.485 e. The second kappa shape index (κ2) is 4.51. The van der Waals surface area contributed by atoms with Crippen LogP contribution in [0.4, 0.5) is 18.9 Å². The van der Waals surface area contributed by atoms with Gasteiger partial charge in [0.05, 0.1) is 18.4 Å². The zero-order valence-electron chi connectivity index (χ0n) is 9.70. The second-order valence-electron chi connectivity index (χ2n) is 4.08. The average Bonchev–Trinajstić information content (AvgIpc) is 3.11. The van der Waals surface area contributed by atoms with E-state index in [9.17, 15) is 18.0 Å². The molecule has 3 nitrogen and oxygen atoms in total. The highest BCUT2D eigenvalue weighted by molar-refractivity contribution is 5.96. The summed E-state index contributed by atoms with van der Waals surface area (Å²) < 4.78 is 43.6. The third kappa shape index (κ3) is 2.42. The number of halogens is 3. The average molecular weight is 259 g/mol. The highest BCUT2D eigenvalue weighted by atomic mass is 19.4. The van der Waals surface area contributed by atoms with Gasteiger partial charge in [-0.3, -0.25) is 4.90 Å². The quantitative estimate of drug-likeness (QED) is 0.617. The number of anilines is 1. The molecule has 0 amide bonds. The van der Waals surface area contributed by atoms with Gasteiger partial charge in [-0.2, -0.15) is 13.2 Å². The van der Waals surface area contributed by atoms with Crippen LogP contribution in [0.5, 0.6) is 0 Å². The summed E-state index contributed by atoms with van der Waals surface area (Å²) in [6.07, 6.45) is -3.53. The maximum Gasteiger partial charge on any atom is 0.485 e. The summed E-state index contributed by atoms with van der Waals surface area (Å²) in [5.41, 5.74) is -0.205. The summed E-state index contributed by atoms with van der Waals surface area (Å²) >= 11 is 0. The van der Waals surface area contributed by atoms with Crippen molar-refractivity contribution in [2.75, 3.05) is 12.0 Å². The SMILES string of the molecule is COC(=O)c1ccccc1N(C1CC1)C(F)(F)F. The van der Waals surface area contributed by atoms with Gasteiger partial charge in [-0.15, -0.1) is 0 Å². The molecular formula is C12H12F3NO2. The van der Waals surface area contributed by atoms with Crippen LogP contribution in [-0.2, 0) is 4.74 Å². The lowest BCUT2D eigenvalue weighted by atomic mass is 10.1. The standard InChI is InChI=1S/C12H12F3NO2/c1-18-11(17)9-4-2-3-5-10(9)16(8-6-7-8)12(13,14)15/h2-5,8H,6-7H2,1H3. The first-order chi connectivity index (χ1) is 8.45. The Balaban J connectivity index is 2.44. The van der Waals surface area contributed by atoms with Gasteiger partial charge < -0.3 is 4.74 Å². The second-order valence-corrected chi connectivity index (χ2v) is 4.08. The molecule has 1 saturated carbocycles. The van der Waals surface area contributed by atoms with Crippen molar-refractivity contribution in [1.82, 2.24) is 0 Å². The van der Waals surface area contributed by atoms with Crippen molar-refractivity contribution in [1.29, 1.82) is 0 Å². The minimum absolute atomic E-state index is 0.0655. The topological polar surface area (TPSA) is 29.5 Å². The van der Waals surface area contributed by atoms with E-state index in [4.69, 9.17) is 0 Å². The van der Waals surface area contributed by atoms with Crippen LogP contribution in [-0.4, -0.2) is 25.4 Å². The summed E-state index contributed by atoms with van der Waals surface area (Å²) in [5.74, 6) is -0.763. The zero-order valence-corrected chi connectivity index (χ0v) is 9.70. The molecule has 0 heterocycles. The van der Waals surface area contributed by atoms with Gasteiger partial charge in [0.25, 0.3) is 0 Å². The van der Waals surface area contributed by atoms with Crippen molar-refractivity contribution in [2.24, 2.45) is 0 Å². The van der Waals surface area contributed by atoms with E-state index in [2.05, 4.69) is 4.74 Å². The van der Waals surface area contributed by atoms with E-state index in [0.717, 1.165) is 7.11 Å². The number of rotatable bonds is 3. The molecule has 0 spiro atoms. The van der Waals surface area contributed by atoms with Crippen LogP contribution in [0.2, 0.25) is 0 Å². The number of para-hydroxylation sites is 1. The Bertz CT molecular complexity index is 455. The Kier molecular flexibility index (Phi) is 3.19. The van der Waals surface area contributed by atoms with Crippen LogP contribution in [0.1, 0.15) is 23.2 Å².